The summed E-state index contributed by atoms with van der Waals surface area (Å²) in [5.74, 6) is 0. The lowest BCUT2D eigenvalue weighted by atomic mass is 10.1. The zero-order valence-corrected chi connectivity index (χ0v) is 7.91. The van der Waals surface area contributed by atoms with Gasteiger partial charge in [-0.3, -0.25) is 4.98 Å². The van der Waals surface area contributed by atoms with Gasteiger partial charge in [0.1, 0.15) is 0 Å². The number of nitriles is 1. The zero-order chi connectivity index (χ0) is 9.68. The van der Waals surface area contributed by atoms with Gasteiger partial charge in [-0.15, -0.1) is 0 Å². The van der Waals surface area contributed by atoms with Crippen LogP contribution < -0.4 is 5.32 Å². The molecule has 0 fully saturated rings. The number of hydrogen-bond donors (Lipinski definition) is 1. The first kappa shape index (κ1) is 9.69. The second-order valence-electron chi connectivity index (χ2n) is 2.94. The summed E-state index contributed by atoms with van der Waals surface area (Å²) in [5, 5.41) is 11.6. The van der Waals surface area contributed by atoms with E-state index in [-0.39, 0.29) is 6.04 Å². The fourth-order valence-corrected chi connectivity index (χ4v) is 1.04. The Bertz CT molecular complexity index is 297. The van der Waals surface area contributed by atoms with Crippen LogP contribution in [0.15, 0.2) is 18.3 Å². The van der Waals surface area contributed by atoms with Gasteiger partial charge in [0.2, 0.25) is 0 Å². The van der Waals surface area contributed by atoms with Gasteiger partial charge in [0.05, 0.1) is 18.2 Å². The molecule has 0 amide bonds. The molecule has 1 atom stereocenters. The lowest BCUT2D eigenvalue weighted by molar-refractivity contribution is 0.632. The minimum Gasteiger partial charge on any atom is -0.312 e. The van der Waals surface area contributed by atoms with Crippen molar-refractivity contribution in [2.24, 2.45) is 0 Å². The Morgan fingerprint density at radius 1 is 1.62 bits per heavy atom. The van der Waals surface area contributed by atoms with Crippen molar-refractivity contribution < 1.29 is 0 Å². The predicted octanol–water partition coefficient (Wildman–Crippen LogP) is 1.43. The number of nitrogens with zero attached hydrogens (tertiary/aromatic N) is 2. The van der Waals surface area contributed by atoms with Crippen LogP contribution >= 0.6 is 0 Å². The molecule has 1 heterocycles. The van der Waals surface area contributed by atoms with E-state index in [0.717, 1.165) is 11.3 Å². The fraction of sp³-hybridized carbons (Fsp3) is 0.400. The maximum atomic E-state index is 8.45. The lowest BCUT2D eigenvalue weighted by Gasteiger charge is -2.08. The lowest BCUT2D eigenvalue weighted by Crippen LogP contribution is -2.13. The van der Waals surface area contributed by atoms with Gasteiger partial charge >= 0.3 is 0 Å². The smallest absolute Gasteiger partial charge is 0.0670 e. The number of rotatable bonds is 3. The maximum Gasteiger partial charge on any atom is 0.0670 e. The van der Waals surface area contributed by atoms with Gasteiger partial charge in [-0.25, -0.2) is 0 Å². The molecule has 1 aromatic heterocycles. The Kier molecular flexibility index (Phi) is 3.41. The molecule has 0 spiro atoms. The van der Waals surface area contributed by atoms with Crippen LogP contribution in [0, 0.1) is 11.3 Å². The second kappa shape index (κ2) is 4.58. The van der Waals surface area contributed by atoms with Crippen molar-refractivity contribution in [1.29, 1.82) is 5.26 Å². The first-order chi connectivity index (χ1) is 6.27. The van der Waals surface area contributed by atoms with Crippen LogP contribution in [0.4, 0.5) is 0 Å². The minimum atomic E-state index is 0.260. The first-order valence-corrected chi connectivity index (χ1v) is 4.27. The summed E-state index contributed by atoms with van der Waals surface area (Å²) in [5.41, 5.74) is 1.97. The summed E-state index contributed by atoms with van der Waals surface area (Å²) in [6.07, 6.45) is 2.19. The van der Waals surface area contributed by atoms with E-state index in [4.69, 9.17) is 5.26 Å². The summed E-state index contributed by atoms with van der Waals surface area (Å²) < 4.78 is 0. The van der Waals surface area contributed by atoms with E-state index < -0.39 is 0 Å². The number of pyridine rings is 1. The Balaban J connectivity index is 2.76. The summed E-state index contributed by atoms with van der Waals surface area (Å²) in [6.45, 7) is 2.05. The zero-order valence-electron chi connectivity index (χ0n) is 7.91. The van der Waals surface area contributed by atoms with Gasteiger partial charge in [-0.1, -0.05) is 6.07 Å². The molecular formula is C10H13N3. The van der Waals surface area contributed by atoms with Crippen LogP contribution in [-0.2, 0) is 6.42 Å². The molecule has 0 bridgehead atoms. The largest absolute Gasteiger partial charge is 0.312 e. The molecule has 68 valence electrons. The van der Waals surface area contributed by atoms with Crippen molar-refractivity contribution in [3.63, 3.8) is 0 Å². The summed E-state index contributed by atoms with van der Waals surface area (Å²) in [6, 6.07) is 6.25. The molecule has 0 aromatic carbocycles. The number of nitrogens with one attached hydrogen (secondary N) is 1. The molecule has 0 unspecified atom stereocenters. The Hall–Kier alpha value is -1.40. The van der Waals surface area contributed by atoms with Crippen molar-refractivity contribution in [2.45, 2.75) is 19.4 Å². The average Bonchev–Trinajstić information content (AvgIpc) is 2.18. The summed E-state index contributed by atoms with van der Waals surface area (Å²) in [4.78, 5) is 4.25. The van der Waals surface area contributed by atoms with Crippen LogP contribution in [0.5, 0.6) is 0 Å². The topological polar surface area (TPSA) is 48.7 Å². The van der Waals surface area contributed by atoms with E-state index in [1.54, 1.807) is 6.20 Å². The summed E-state index contributed by atoms with van der Waals surface area (Å²) in [7, 11) is 1.90. The van der Waals surface area contributed by atoms with E-state index >= 15 is 0 Å². The van der Waals surface area contributed by atoms with Crippen molar-refractivity contribution in [1.82, 2.24) is 10.3 Å². The van der Waals surface area contributed by atoms with Crippen molar-refractivity contribution in [3.05, 3.63) is 29.6 Å². The van der Waals surface area contributed by atoms with Gasteiger partial charge < -0.3 is 5.32 Å². The van der Waals surface area contributed by atoms with Gasteiger partial charge in [0.25, 0.3) is 0 Å². The maximum absolute atomic E-state index is 8.45. The Morgan fingerprint density at radius 3 is 2.85 bits per heavy atom. The highest BCUT2D eigenvalue weighted by molar-refractivity contribution is 5.18. The second-order valence-corrected chi connectivity index (χ2v) is 2.94. The van der Waals surface area contributed by atoms with Crippen LogP contribution in [0.2, 0.25) is 0 Å². The van der Waals surface area contributed by atoms with E-state index in [0.29, 0.717) is 6.42 Å². The molecule has 1 aromatic rings. The molecule has 0 aliphatic heterocycles. The molecule has 0 saturated carbocycles. The minimum absolute atomic E-state index is 0.260. The molecule has 0 radical (unpaired) electrons. The third-order valence-corrected chi connectivity index (χ3v) is 2.01. The highest BCUT2D eigenvalue weighted by atomic mass is 14.9. The van der Waals surface area contributed by atoms with E-state index in [2.05, 4.69) is 16.4 Å². The average molecular weight is 175 g/mol. The monoisotopic (exact) mass is 175 g/mol. The van der Waals surface area contributed by atoms with Gasteiger partial charge in [-0.05, 0) is 25.6 Å². The summed E-state index contributed by atoms with van der Waals surface area (Å²) >= 11 is 0. The Morgan fingerprint density at radius 2 is 2.38 bits per heavy atom. The first-order valence-electron chi connectivity index (χ1n) is 4.27. The fourth-order valence-electron chi connectivity index (χ4n) is 1.04. The third-order valence-electron chi connectivity index (χ3n) is 2.01. The van der Waals surface area contributed by atoms with Crippen LogP contribution in [0.1, 0.15) is 24.2 Å². The highest BCUT2D eigenvalue weighted by Gasteiger charge is 2.02. The van der Waals surface area contributed by atoms with Crippen LogP contribution in [-0.4, -0.2) is 12.0 Å². The van der Waals surface area contributed by atoms with Gasteiger partial charge in [-0.2, -0.15) is 5.26 Å². The standard InChI is InChI=1S/C10H13N3/c1-8(12-2)10-4-3-9(5-6-11)7-13-10/h3-4,7-8,12H,5H2,1-2H3/t8-/m1/s1. The van der Waals surface area contributed by atoms with Gasteiger partial charge in [0, 0.05) is 12.2 Å². The molecule has 3 heteroatoms. The van der Waals surface area contributed by atoms with Crippen molar-refractivity contribution >= 4 is 0 Å². The van der Waals surface area contributed by atoms with E-state index in [9.17, 15) is 0 Å². The molecule has 13 heavy (non-hydrogen) atoms. The molecule has 0 aliphatic carbocycles. The van der Waals surface area contributed by atoms with Crippen LogP contribution in [0.25, 0.3) is 0 Å². The van der Waals surface area contributed by atoms with E-state index in [1.807, 2.05) is 26.1 Å². The quantitative estimate of drug-likeness (QED) is 0.756. The number of aromatic nitrogens is 1. The predicted molar refractivity (Wildman–Crippen MR) is 51.0 cm³/mol. The molecule has 0 aliphatic rings. The normalized spacial score (nSPS) is 12.1. The molecular weight excluding hydrogens is 162 g/mol. The molecule has 0 saturated heterocycles. The van der Waals surface area contributed by atoms with Crippen molar-refractivity contribution in [2.75, 3.05) is 7.05 Å². The van der Waals surface area contributed by atoms with Gasteiger partial charge in [0.15, 0.2) is 0 Å². The molecule has 1 rings (SSSR count). The molecule has 1 N–H and O–H groups in total. The molecule has 3 nitrogen and oxygen atoms in total. The number of hydrogen-bond acceptors (Lipinski definition) is 3. The highest BCUT2D eigenvalue weighted by Crippen LogP contribution is 2.08. The van der Waals surface area contributed by atoms with Crippen LogP contribution in [0.3, 0.4) is 0 Å². The van der Waals surface area contributed by atoms with E-state index in [1.165, 1.54) is 0 Å². The SMILES string of the molecule is CN[C@H](C)c1ccc(CC#N)cn1. The van der Waals surface area contributed by atoms with Crippen molar-refractivity contribution in [3.8, 4) is 6.07 Å². The Labute approximate surface area is 78.4 Å². The third kappa shape index (κ3) is 2.53.